The van der Waals surface area contributed by atoms with E-state index in [-0.39, 0.29) is 25.0 Å². The maximum atomic E-state index is 12.3. The molecule has 0 saturated carbocycles. The van der Waals surface area contributed by atoms with Crippen molar-refractivity contribution in [3.05, 3.63) is 0 Å². The number of hydrogen-bond acceptors (Lipinski definition) is 4. The monoisotopic (exact) mass is 283 g/mol. The number of urea groups is 1. The van der Waals surface area contributed by atoms with Crippen LogP contribution in [0.15, 0.2) is 0 Å². The van der Waals surface area contributed by atoms with E-state index < -0.39 is 18.1 Å². The van der Waals surface area contributed by atoms with Gasteiger partial charge in [-0.1, -0.05) is 0 Å². The van der Waals surface area contributed by atoms with E-state index in [1.165, 1.54) is 4.90 Å². The van der Waals surface area contributed by atoms with E-state index in [0.29, 0.717) is 6.04 Å². The summed E-state index contributed by atoms with van der Waals surface area (Å²) < 4.78 is 0. The number of rotatable bonds is 2. The van der Waals surface area contributed by atoms with Crippen LogP contribution in [0.3, 0.4) is 0 Å². The molecule has 0 spiro atoms. The topological polar surface area (TPSA) is 93.1 Å². The first-order chi connectivity index (χ1) is 9.56. The van der Waals surface area contributed by atoms with Gasteiger partial charge in [-0.15, -0.1) is 0 Å². The Bertz CT molecular complexity index is 416. The number of aliphatic hydroxyl groups is 1. The van der Waals surface area contributed by atoms with Gasteiger partial charge in [0.05, 0.1) is 6.10 Å². The largest absolute Gasteiger partial charge is 0.480 e. The summed E-state index contributed by atoms with van der Waals surface area (Å²) in [6.45, 7) is 2.20. The molecule has 3 aliphatic heterocycles. The van der Waals surface area contributed by atoms with Crippen LogP contribution in [0.25, 0.3) is 0 Å². The molecule has 112 valence electrons. The summed E-state index contributed by atoms with van der Waals surface area (Å²) in [7, 11) is 0. The van der Waals surface area contributed by atoms with Crippen molar-refractivity contribution in [2.45, 2.75) is 49.9 Å². The second kappa shape index (κ2) is 5.21. The van der Waals surface area contributed by atoms with Crippen molar-refractivity contribution in [3.63, 3.8) is 0 Å². The van der Waals surface area contributed by atoms with Crippen LogP contribution in [0.2, 0.25) is 0 Å². The number of aliphatic carboxylic acids is 1. The second-order valence-electron chi connectivity index (χ2n) is 5.99. The lowest BCUT2D eigenvalue weighted by atomic mass is 10.1. The van der Waals surface area contributed by atoms with Crippen LogP contribution in [-0.4, -0.2) is 75.9 Å². The van der Waals surface area contributed by atoms with Gasteiger partial charge in [0.25, 0.3) is 0 Å². The zero-order valence-electron chi connectivity index (χ0n) is 11.4. The minimum atomic E-state index is -1.05. The second-order valence-corrected chi connectivity index (χ2v) is 5.99. The van der Waals surface area contributed by atoms with Gasteiger partial charge in [0, 0.05) is 31.6 Å². The summed E-state index contributed by atoms with van der Waals surface area (Å²) in [5.41, 5.74) is 0. The quantitative estimate of drug-likeness (QED) is 0.632. The van der Waals surface area contributed by atoms with Crippen LogP contribution >= 0.6 is 0 Å². The van der Waals surface area contributed by atoms with Crippen LogP contribution in [0.5, 0.6) is 0 Å². The maximum absolute atomic E-state index is 12.3. The highest BCUT2D eigenvalue weighted by atomic mass is 16.4. The lowest BCUT2D eigenvalue weighted by Gasteiger charge is -2.26. The molecule has 2 unspecified atom stereocenters. The first-order valence-corrected chi connectivity index (χ1v) is 7.28. The number of carboxylic acids is 1. The molecule has 3 N–H and O–H groups in total. The molecular formula is C13H21N3O4. The molecule has 2 amide bonds. The third-order valence-electron chi connectivity index (χ3n) is 4.74. The lowest BCUT2D eigenvalue weighted by Crippen LogP contribution is -2.51. The molecule has 3 saturated heterocycles. The molecule has 0 aromatic heterocycles. The van der Waals surface area contributed by atoms with E-state index in [1.807, 2.05) is 0 Å². The smallest absolute Gasteiger partial charge is 0.326 e. The van der Waals surface area contributed by atoms with Crippen LogP contribution in [0, 0.1) is 0 Å². The highest BCUT2D eigenvalue weighted by Gasteiger charge is 2.42. The molecule has 7 nitrogen and oxygen atoms in total. The number of β-amino-alcohol motifs (C(OH)–C–C–N with tert-alkyl or cyclic N) is 1. The summed E-state index contributed by atoms with van der Waals surface area (Å²) in [6, 6.07) is -0.759. The lowest BCUT2D eigenvalue weighted by molar-refractivity contribution is -0.141. The number of hydrogen-bond donors (Lipinski definition) is 3. The number of nitrogens with one attached hydrogen (secondary N) is 1. The Balaban J connectivity index is 1.62. The molecule has 3 heterocycles. The number of carbonyl (C=O) groups excluding carboxylic acids is 1. The fourth-order valence-corrected chi connectivity index (χ4v) is 3.76. The molecule has 20 heavy (non-hydrogen) atoms. The highest BCUT2D eigenvalue weighted by molar-refractivity contribution is 5.83. The van der Waals surface area contributed by atoms with Crippen molar-refractivity contribution in [2.75, 3.05) is 19.6 Å². The predicted molar refractivity (Wildman–Crippen MR) is 70.3 cm³/mol. The summed E-state index contributed by atoms with van der Waals surface area (Å²) >= 11 is 0. The normalized spacial score (nSPS) is 37.1. The van der Waals surface area contributed by atoms with E-state index in [2.05, 4.69) is 10.2 Å². The molecule has 7 heteroatoms. The average Bonchev–Trinajstić information content (AvgIpc) is 3.05. The van der Waals surface area contributed by atoms with Crippen LogP contribution < -0.4 is 5.32 Å². The molecule has 0 aliphatic carbocycles. The van der Waals surface area contributed by atoms with Gasteiger partial charge in [0.15, 0.2) is 0 Å². The molecule has 0 aromatic rings. The van der Waals surface area contributed by atoms with Crippen LogP contribution in [-0.2, 0) is 4.79 Å². The number of aliphatic hydroxyl groups excluding tert-OH is 1. The minimum Gasteiger partial charge on any atom is -0.480 e. The zero-order chi connectivity index (χ0) is 14.3. The minimum absolute atomic E-state index is 0.101. The fourth-order valence-electron chi connectivity index (χ4n) is 3.76. The molecule has 3 fully saturated rings. The number of amides is 2. The summed E-state index contributed by atoms with van der Waals surface area (Å²) in [5.74, 6) is -1.05. The van der Waals surface area contributed by atoms with Crippen molar-refractivity contribution in [3.8, 4) is 0 Å². The number of likely N-dealkylation sites (tertiary alicyclic amines) is 1. The summed E-state index contributed by atoms with van der Waals surface area (Å²) in [6.07, 6.45) is 2.55. The SMILES string of the molecule is O=C(O)[C@H]1C[C@@H](O)CN1C(=O)NC1CCN2CCCC12. The molecule has 3 rings (SSSR count). The Labute approximate surface area is 117 Å². The van der Waals surface area contributed by atoms with E-state index >= 15 is 0 Å². The van der Waals surface area contributed by atoms with Crippen molar-refractivity contribution < 1.29 is 19.8 Å². The standard InChI is InChI=1S/C13H21N3O4/c17-8-6-11(12(18)19)16(7-8)13(20)14-9-3-5-15-4-1-2-10(9)15/h8-11,17H,1-7H2,(H,14,20)(H,18,19)/t8-,9?,10?,11-/m1/s1. The molecular weight excluding hydrogens is 262 g/mol. The van der Waals surface area contributed by atoms with E-state index in [4.69, 9.17) is 5.11 Å². The van der Waals surface area contributed by atoms with Crippen molar-refractivity contribution >= 4 is 12.0 Å². The third-order valence-corrected chi connectivity index (χ3v) is 4.74. The Hall–Kier alpha value is -1.34. The van der Waals surface area contributed by atoms with Gasteiger partial charge in [-0.3, -0.25) is 4.90 Å². The van der Waals surface area contributed by atoms with E-state index in [1.54, 1.807) is 0 Å². The number of nitrogens with zero attached hydrogens (tertiary/aromatic N) is 2. The Morgan fingerprint density at radius 2 is 2.00 bits per heavy atom. The fraction of sp³-hybridized carbons (Fsp3) is 0.846. The average molecular weight is 283 g/mol. The summed E-state index contributed by atoms with van der Waals surface area (Å²) in [4.78, 5) is 27.1. The van der Waals surface area contributed by atoms with Crippen LogP contribution in [0.1, 0.15) is 25.7 Å². The third kappa shape index (κ3) is 2.35. The first-order valence-electron chi connectivity index (χ1n) is 7.28. The van der Waals surface area contributed by atoms with Gasteiger partial charge in [0.1, 0.15) is 6.04 Å². The van der Waals surface area contributed by atoms with Crippen molar-refractivity contribution in [2.24, 2.45) is 0 Å². The molecule has 0 bridgehead atoms. The van der Waals surface area contributed by atoms with Gasteiger partial charge < -0.3 is 20.4 Å². The zero-order valence-corrected chi connectivity index (χ0v) is 11.4. The van der Waals surface area contributed by atoms with Crippen molar-refractivity contribution in [1.29, 1.82) is 0 Å². The van der Waals surface area contributed by atoms with Crippen molar-refractivity contribution in [1.82, 2.24) is 15.1 Å². The Morgan fingerprint density at radius 3 is 2.75 bits per heavy atom. The van der Waals surface area contributed by atoms with E-state index in [9.17, 15) is 14.7 Å². The van der Waals surface area contributed by atoms with Gasteiger partial charge in [0.2, 0.25) is 0 Å². The molecule has 0 radical (unpaired) electrons. The number of carboxylic acid groups (broad SMARTS) is 1. The number of fused-ring (bicyclic) bond motifs is 1. The maximum Gasteiger partial charge on any atom is 0.326 e. The van der Waals surface area contributed by atoms with Gasteiger partial charge in [-0.25, -0.2) is 9.59 Å². The molecule has 0 aromatic carbocycles. The van der Waals surface area contributed by atoms with Gasteiger partial charge in [-0.2, -0.15) is 0 Å². The Morgan fingerprint density at radius 1 is 1.20 bits per heavy atom. The number of carbonyl (C=O) groups is 2. The first kappa shape index (κ1) is 13.6. The highest BCUT2D eigenvalue weighted by Crippen LogP contribution is 2.28. The summed E-state index contributed by atoms with van der Waals surface area (Å²) in [5, 5.41) is 21.7. The Kier molecular flexibility index (Phi) is 3.55. The van der Waals surface area contributed by atoms with Crippen LogP contribution in [0.4, 0.5) is 4.79 Å². The predicted octanol–water partition coefficient (Wildman–Crippen LogP) is -0.547. The molecule has 4 atom stereocenters. The van der Waals surface area contributed by atoms with E-state index in [0.717, 1.165) is 32.4 Å². The van der Waals surface area contributed by atoms with Gasteiger partial charge >= 0.3 is 12.0 Å². The molecule has 3 aliphatic rings. The van der Waals surface area contributed by atoms with Gasteiger partial charge in [-0.05, 0) is 25.8 Å².